The summed E-state index contributed by atoms with van der Waals surface area (Å²) in [6.07, 6.45) is -0.0515. The van der Waals surface area contributed by atoms with Crippen molar-refractivity contribution in [2.75, 3.05) is 42.8 Å². The number of carbonyl (C=O) groups is 1. The van der Waals surface area contributed by atoms with Crippen LogP contribution in [0.15, 0.2) is 29.2 Å². The number of sulfonamides is 2. The van der Waals surface area contributed by atoms with Gasteiger partial charge >= 0.3 is 0 Å². The minimum absolute atomic E-state index is 0.0515. The molecule has 0 atom stereocenters. The Labute approximate surface area is 148 Å². The Morgan fingerprint density at radius 1 is 1.04 bits per heavy atom. The molecule has 0 aromatic heterocycles. The zero-order valence-electron chi connectivity index (χ0n) is 14.0. The number of nitrogens with zero attached hydrogens (tertiary/aromatic N) is 3. The monoisotopic (exact) mass is 387 g/mol. The molecule has 10 heteroatoms. The first-order valence-electron chi connectivity index (χ1n) is 8.14. The molecule has 2 fully saturated rings. The minimum atomic E-state index is -3.65. The summed E-state index contributed by atoms with van der Waals surface area (Å²) < 4.78 is 51.5. The van der Waals surface area contributed by atoms with Gasteiger partial charge in [-0.05, 0) is 30.8 Å². The lowest BCUT2D eigenvalue weighted by molar-refractivity contribution is -0.116. The Hall–Kier alpha value is -1.49. The van der Waals surface area contributed by atoms with Gasteiger partial charge in [0.1, 0.15) is 0 Å². The molecular weight excluding hydrogens is 366 g/mol. The van der Waals surface area contributed by atoms with Crippen molar-refractivity contribution in [3.8, 4) is 0 Å². The first-order valence-corrected chi connectivity index (χ1v) is 11.2. The molecule has 0 bridgehead atoms. The van der Waals surface area contributed by atoms with Crippen molar-refractivity contribution < 1.29 is 21.6 Å². The number of anilines is 1. The van der Waals surface area contributed by atoms with E-state index >= 15 is 0 Å². The number of rotatable bonds is 4. The van der Waals surface area contributed by atoms with E-state index in [1.165, 1.54) is 28.6 Å². The Kier molecular flexibility index (Phi) is 4.89. The van der Waals surface area contributed by atoms with Gasteiger partial charge in [0.05, 0.1) is 16.3 Å². The molecule has 1 amide bonds. The van der Waals surface area contributed by atoms with Crippen LogP contribution in [0, 0.1) is 0 Å². The van der Waals surface area contributed by atoms with Crippen molar-refractivity contribution in [1.82, 2.24) is 9.21 Å². The first kappa shape index (κ1) is 18.3. The maximum absolute atomic E-state index is 12.7. The summed E-state index contributed by atoms with van der Waals surface area (Å²) in [5, 5.41) is 0. The second-order valence-electron chi connectivity index (χ2n) is 6.06. The average Bonchev–Trinajstić information content (AvgIpc) is 2.88. The SMILES string of the molecule is CCN1CCN(S(=O)(=O)c2ccc(N3C(=O)CCS3(=O)=O)cc2)CC1. The van der Waals surface area contributed by atoms with Crippen LogP contribution in [0.2, 0.25) is 0 Å². The van der Waals surface area contributed by atoms with Crippen LogP contribution in [-0.4, -0.2) is 70.4 Å². The molecule has 2 aliphatic rings. The predicted molar refractivity (Wildman–Crippen MR) is 93.2 cm³/mol. The van der Waals surface area contributed by atoms with Gasteiger partial charge in [-0.3, -0.25) is 4.79 Å². The number of likely N-dealkylation sites (N-methyl/N-ethyl adjacent to an activating group) is 1. The Morgan fingerprint density at radius 3 is 2.12 bits per heavy atom. The fourth-order valence-corrected chi connectivity index (χ4v) is 5.94. The van der Waals surface area contributed by atoms with Crippen LogP contribution in [-0.2, 0) is 24.8 Å². The molecule has 138 valence electrons. The third-order valence-electron chi connectivity index (χ3n) is 4.57. The molecule has 0 radical (unpaired) electrons. The van der Waals surface area contributed by atoms with E-state index in [-0.39, 0.29) is 22.8 Å². The molecule has 2 saturated heterocycles. The van der Waals surface area contributed by atoms with E-state index in [9.17, 15) is 21.6 Å². The van der Waals surface area contributed by atoms with Gasteiger partial charge in [-0.2, -0.15) is 4.31 Å². The number of benzene rings is 1. The minimum Gasteiger partial charge on any atom is -0.301 e. The smallest absolute Gasteiger partial charge is 0.243 e. The van der Waals surface area contributed by atoms with Crippen molar-refractivity contribution >= 4 is 31.6 Å². The van der Waals surface area contributed by atoms with Crippen LogP contribution in [0.4, 0.5) is 5.69 Å². The molecule has 8 nitrogen and oxygen atoms in total. The molecule has 3 rings (SSSR count). The summed E-state index contributed by atoms with van der Waals surface area (Å²) in [5.41, 5.74) is 0.178. The fourth-order valence-electron chi connectivity index (χ4n) is 3.06. The van der Waals surface area contributed by atoms with Gasteiger partial charge in [0.15, 0.2) is 0 Å². The van der Waals surface area contributed by atoms with Crippen molar-refractivity contribution in [3.63, 3.8) is 0 Å². The van der Waals surface area contributed by atoms with Crippen molar-refractivity contribution in [1.29, 1.82) is 0 Å². The number of amides is 1. The van der Waals surface area contributed by atoms with Crippen LogP contribution >= 0.6 is 0 Å². The molecule has 1 aromatic rings. The summed E-state index contributed by atoms with van der Waals surface area (Å²) in [5.74, 6) is -0.709. The molecule has 2 aliphatic heterocycles. The Bertz CT molecular complexity index is 857. The van der Waals surface area contributed by atoms with Gasteiger partial charge in [0, 0.05) is 32.6 Å². The van der Waals surface area contributed by atoms with E-state index in [0.29, 0.717) is 26.2 Å². The van der Waals surface area contributed by atoms with Crippen molar-refractivity contribution in [2.45, 2.75) is 18.2 Å². The lowest BCUT2D eigenvalue weighted by atomic mass is 10.3. The highest BCUT2D eigenvalue weighted by Crippen LogP contribution is 2.27. The first-order chi connectivity index (χ1) is 11.8. The number of piperazine rings is 1. The third-order valence-corrected chi connectivity index (χ3v) is 8.17. The normalized spacial score (nSPS) is 22.4. The molecule has 1 aromatic carbocycles. The summed E-state index contributed by atoms with van der Waals surface area (Å²) in [7, 11) is -7.27. The third kappa shape index (κ3) is 3.43. The van der Waals surface area contributed by atoms with Gasteiger partial charge in [0.25, 0.3) is 0 Å². The largest absolute Gasteiger partial charge is 0.301 e. The van der Waals surface area contributed by atoms with Crippen molar-refractivity contribution in [3.05, 3.63) is 24.3 Å². The molecule has 0 saturated carbocycles. The summed E-state index contributed by atoms with van der Waals surface area (Å²) in [4.78, 5) is 14.1. The van der Waals surface area contributed by atoms with E-state index in [2.05, 4.69) is 4.90 Å². The summed E-state index contributed by atoms with van der Waals surface area (Å²) in [6.45, 7) is 5.16. The lowest BCUT2D eigenvalue weighted by Gasteiger charge is -2.33. The van der Waals surface area contributed by atoms with E-state index < -0.39 is 26.0 Å². The fraction of sp³-hybridized carbons (Fsp3) is 0.533. The summed E-state index contributed by atoms with van der Waals surface area (Å²) >= 11 is 0. The quantitative estimate of drug-likeness (QED) is 0.726. The van der Waals surface area contributed by atoms with Gasteiger partial charge < -0.3 is 4.90 Å². The second kappa shape index (κ2) is 6.67. The zero-order chi connectivity index (χ0) is 18.2. The molecular formula is C15H21N3O5S2. The van der Waals surface area contributed by atoms with Gasteiger partial charge in [-0.25, -0.2) is 21.1 Å². The molecule has 0 spiro atoms. The van der Waals surface area contributed by atoms with Crippen LogP contribution < -0.4 is 4.31 Å². The highest BCUT2D eigenvalue weighted by molar-refractivity contribution is 7.94. The predicted octanol–water partition coefficient (Wildman–Crippen LogP) is 0.0793. The van der Waals surface area contributed by atoms with Crippen LogP contribution in [0.3, 0.4) is 0 Å². The van der Waals surface area contributed by atoms with Crippen LogP contribution in [0.5, 0.6) is 0 Å². The zero-order valence-corrected chi connectivity index (χ0v) is 15.6. The maximum atomic E-state index is 12.7. The molecule has 25 heavy (non-hydrogen) atoms. The molecule has 0 aliphatic carbocycles. The summed E-state index contributed by atoms with van der Waals surface area (Å²) in [6, 6.07) is 5.46. The van der Waals surface area contributed by atoms with Gasteiger partial charge in [0.2, 0.25) is 26.0 Å². The topological polar surface area (TPSA) is 95.1 Å². The van der Waals surface area contributed by atoms with E-state index in [1.807, 2.05) is 6.92 Å². The van der Waals surface area contributed by atoms with Crippen LogP contribution in [0.25, 0.3) is 0 Å². The van der Waals surface area contributed by atoms with E-state index in [0.717, 1.165) is 10.8 Å². The highest BCUT2D eigenvalue weighted by Gasteiger charge is 2.36. The van der Waals surface area contributed by atoms with Gasteiger partial charge in [-0.15, -0.1) is 0 Å². The number of carbonyl (C=O) groups excluding carboxylic acids is 1. The second-order valence-corrected chi connectivity index (χ2v) is 9.93. The average molecular weight is 387 g/mol. The van der Waals surface area contributed by atoms with E-state index in [1.54, 1.807) is 0 Å². The number of hydrogen-bond acceptors (Lipinski definition) is 6. The van der Waals surface area contributed by atoms with E-state index in [4.69, 9.17) is 0 Å². The molecule has 0 N–H and O–H groups in total. The van der Waals surface area contributed by atoms with Crippen LogP contribution in [0.1, 0.15) is 13.3 Å². The maximum Gasteiger partial charge on any atom is 0.243 e. The standard InChI is InChI=1S/C15H21N3O5S2/c1-2-16-8-10-17(11-9-16)25(22,23)14-5-3-13(4-6-14)18-15(19)7-12-24(18,20)21/h3-6H,2,7-12H2,1H3. The van der Waals surface area contributed by atoms with Gasteiger partial charge in [-0.1, -0.05) is 6.92 Å². The molecule has 2 heterocycles. The lowest BCUT2D eigenvalue weighted by Crippen LogP contribution is -2.48. The Balaban J connectivity index is 1.81. The Morgan fingerprint density at radius 2 is 1.64 bits per heavy atom. The number of hydrogen-bond donors (Lipinski definition) is 0. The van der Waals surface area contributed by atoms with Crippen molar-refractivity contribution in [2.24, 2.45) is 0 Å². The molecule has 0 unspecified atom stereocenters. The highest BCUT2D eigenvalue weighted by atomic mass is 32.2.